The third-order valence-corrected chi connectivity index (χ3v) is 5.42. The Morgan fingerprint density at radius 3 is 1.22 bits per heavy atom. The van der Waals surface area contributed by atoms with E-state index in [1.807, 2.05) is 109 Å². The van der Waals surface area contributed by atoms with Crippen LogP contribution in [0.3, 0.4) is 0 Å². The molecule has 0 aliphatic carbocycles. The molecule has 0 radical (unpaired) electrons. The fourth-order valence-electron chi connectivity index (χ4n) is 3.63. The Labute approximate surface area is 189 Å². The molecule has 32 heavy (non-hydrogen) atoms. The van der Waals surface area contributed by atoms with E-state index in [2.05, 4.69) is 0 Å². The second-order valence-corrected chi connectivity index (χ2v) is 7.68. The van der Waals surface area contributed by atoms with Crippen molar-refractivity contribution in [2.75, 3.05) is 0 Å². The molecule has 0 saturated heterocycles. The van der Waals surface area contributed by atoms with E-state index in [0.717, 1.165) is 33.8 Å². The van der Waals surface area contributed by atoms with Crippen LogP contribution in [0, 0.1) is 0 Å². The van der Waals surface area contributed by atoms with Crippen LogP contribution in [0.5, 0.6) is 11.5 Å². The second-order valence-electron chi connectivity index (χ2n) is 7.68. The van der Waals surface area contributed by atoms with E-state index < -0.39 is 12.1 Å². The first-order valence-corrected chi connectivity index (χ1v) is 10.7. The standard InChI is InChI=1S/C28H28N2O2/c29-27(23-15-7-9-17-25(23)31-19-21-11-3-1-4-12-21)28(30)24-16-8-10-18-26(24)32-20-22-13-5-2-6-14-22/h1-18,27-28H,19-20,29-30H2. The number of hydrogen-bond acceptors (Lipinski definition) is 4. The zero-order chi connectivity index (χ0) is 22.2. The topological polar surface area (TPSA) is 70.5 Å². The van der Waals surface area contributed by atoms with Gasteiger partial charge in [0.05, 0.1) is 12.1 Å². The fourth-order valence-corrected chi connectivity index (χ4v) is 3.63. The molecule has 4 aromatic carbocycles. The van der Waals surface area contributed by atoms with Crippen LogP contribution in [0.2, 0.25) is 0 Å². The largest absolute Gasteiger partial charge is 0.489 e. The SMILES string of the molecule is NC(c1ccccc1OCc1ccccc1)C(N)c1ccccc1OCc1ccccc1. The van der Waals surface area contributed by atoms with E-state index in [1.165, 1.54) is 0 Å². The lowest BCUT2D eigenvalue weighted by Gasteiger charge is -2.25. The summed E-state index contributed by atoms with van der Waals surface area (Å²) in [6.45, 7) is 0.938. The highest BCUT2D eigenvalue weighted by Gasteiger charge is 2.23. The number of para-hydroxylation sites is 2. The van der Waals surface area contributed by atoms with Crippen molar-refractivity contribution in [3.63, 3.8) is 0 Å². The van der Waals surface area contributed by atoms with Crippen molar-refractivity contribution in [2.24, 2.45) is 11.5 Å². The van der Waals surface area contributed by atoms with Crippen molar-refractivity contribution in [3.05, 3.63) is 131 Å². The van der Waals surface area contributed by atoms with Gasteiger partial charge >= 0.3 is 0 Å². The van der Waals surface area contributed by atoms with E-state index in [-0.39, 0.29) is 0 Å². The summed E-state index contributed by atoms with van der Waals surface area (Å²) >= 11 is 0. The van der Waals surface area contributed by atoms with E-state index in [1.54, 1.807) is 0 Å². The summed E-state index contributed by atoms with van der Waals surface area (Å²) in [7, 11) is 0. The average Bonchev–Trinajstić information content (AvgIpc) is 2.87. The summed E-state index contributed by atoms with van der Waals surface area (Å²) in [6, 6.07) is 34.8. The zero-order valence-corrected chi connectivity index (χ0v) is 17.9. The van der Waals surface area contributed by atoms with Crippen molar-refractivity contribution in [3.8, 4) is 11.5 Å². The Hall–Kier alpha value is -3.60. The molecule has 2 atom stereocenters. The van der Waals surface area contributed by atoms with Crippen molar-refractivity contribution in [2.45, 2.75) is 25.3 Å². The molecule has 4 heteroatoms. The molecule has 0 amide bonds. The molecule has 0 aliphatic heterocycles. The van der Waals surface area contributed by atoms with Crippen molar-refractivity contribution in [1.82, 2.24) is 0 Å². The summed E-state index contributed by atoms with van der Waals surface area (Å²) in [4.78, 5) is 0. The first kappa shape index (κ1) is 21.6. The molecule has 4 aromatic rings. The molecule has 0 aromatic heterocycles. The second kappa shape index (κ2) is 10.6. The first-order valence-electron chi connectivity index (χ1n) is 10.7. The quantitative estimate of drug-likeness (QED) is 0.370. The lowest BCUT2D eigenvalue weighted by atomic mass is 9.93. The summed E-state index contributed by atoms with van der Waals surface area (Å²) in [5.41, 5.74) is 17.2. The molecule has 4 rings (SSSR count). The molecule has 0 fully saturated rings. The fraction of sp³-hybridized carbons (Fsp3) is 0.143. The maximum Gasteiger partial charge on any atom is 0.124 e. The number of ether oxygens (including phenoxy) is 2. The minimum atomic E-state index is -0.455. The van der Waals surface area contributed by atoms with Gasteiger partial charge in [-0.15, -0.1) is 0 Å². The smallest absolute Gasteiger partial charge is 0.124 e. The molecular weight excluding hydrogens is 396 g/mol. The van der Waals surface area contributed by atoms with Gasteiger partial charge in [0, 0.05) is 11.1 Å². The van der Waals surface area contributed by atoms with Crippen LogP contribution >= 0.6 is 0 Å². The Morgan fingerprint density at radius 1 is 0.469 bits per heavy atom. The normalized spacial score (nSPS) is 12.7. The Balaban J connectivity index is 1.51. The zero-order valence-electron chi connectivity index (χ0n) is 17.9. The Kier molecular flexibility index (Phi) is 7.18. The molecule has 2 unspecified atom stereocenters. The van der Waals surface area contributed by atoms with E-state index in [0.29, 0.717) is 13.2 Å². The molecule has 0 aliphatic rings. The molecular formula is C28H28N2O2. The average molecular weight is 425 g/mol. The highest BCUT2D eigenvalue weighted by molar-refractivity contribution is 5.42. The summed E-state index contributed by atoms with van der Waals surface area (Å²) < 4.78 is 12.2. The highest BCUT2D eigenvalue weighted by atomic mass is 16.5. The van der Waals surface area contributed by atoms with Crippen molar-refractivity contribution >= 4 is 0 Å². The van der Waals surface area contributed by atoms with Gasteiger partial charge in [-0.1, -0.05) is 97.1 Å². The molecule has 0 saturated carbocycles. The van der Waals surface area contributed by atoms with Gasteiger partial charge in [0.1, 0.15) is 24.7 Å². The minimum Gasteiger partial charge on any atom is -0.489 e. The van der Waals surface area contributed by atoms with E-state index >= 15 is 0 Å². The van der Waals surface area contributed by atoms with Gasteiger partial charge in [-0.05, 0) is 23.3 Å². The van der Waals surface area contributed by atoms with Gasteiger partial charge in [-0.25, -0.2) is 0 Å². The first-order chi connectivity index (χ1) is 15.7. The predicted octanol–water partition coefficient (Wildman–Crippen LogP) is 5.54. The van der Waals surface area contributed by atoms with Crippen LogP contribution < -0.4 is 20.9 Å². The van der Waals surface area contributed by atoms with Crippen LogP contribution in [0.4, 0.5) is 0 Å². The number of nitrogens with two attached hydrogens (primary N) is 2. The van der Waals surface area contributed by atoms with Crippen LogP contribution in [0.15, 0.2) is 109 Å². The molecule has 0 spiro atoms. The summed E-state index contributed by atoms with van der Waals surface area (Å²) in [6.07, 6.45) is 0. The summed E-state index contributed by atoms with van der Waals surface area (Å²) in [5.74, 6) is 1.48. The van der Waals surface area contributed by atoms with Crippen LogP contribution in [-0.4, -0.2) is 0 Å². The maximum absolute atomic E-state index is 6.66. The van der Waals surface area contributed by atoms with E-state index in [9.17, 15) is 0 Å². The van der Waals surface area contributed by atoms with Crippen LogP contribution in [-0.2, 0) is 13.2 Å². The van der Waals surface area contributed by atoms with E-state index in [4.69, 9.17) is 20.9 Å². The number of hydrogen-bond donors (Lipinski definition) is 2. The highest BCUT2D eigenvalue weighted by Crippen LogP contribution is 2.35. The number of rotatable bonds is 9. The lowest BCUT2D eigenvalue weighted by molar-refractivity contribution is 0.294. The third-order valence-electron chi connectivity index (χ3n) is 5.42. The van der Waals surface area contributed by atoms with Gasteiger partial charge in [-0.2, -0.15) is 0 Å². The molecule has 4 N–H and O–H groups in total. The molecule has 162 valence electrons. The maximum atomic E-state index is 6.66. The molecule has 4 nitrogen and oxygen atoms in total. The van der Waals surface area contributed by atoms with Gasteiger partial charge in [0.15, 0.2) is 0 Å². The van der Waals surface area contributed by atoms with Gasteiger partial charge in [-0.3, -0.25) is 0 Å². The van der Waals surface area contributed by atoms with Gasteiger partial charge in [0.2, 0.25) is 0 Å². The molecule has 0 bridgehead atoms. The lowest BCUT2D eigenvalue weighted by Crippen LogP contribution is -2.27. The van der Waals surface area contributed by atoms with Gasteiger partial charge in [0.25, 0.3) is 0 Å². The van der Waals surface area contributed by atoms with Crippen LogP contribution in [0.1, 0.15) is 34.3 Å². The van der Waals surface area contributed by atoms with Gasteiger partial charge < -0.3 is 20.9 Å². The van der Waals surface area contributed by atoms with Crippen molar-refractivity contribution < 1.29 is 9.47 Å². The van der Waals surface area contributed by atoms with Crippen LogP contribution in [0.25, 0.3) is 0 Å². The Morgan fingerprint density at radius 2 is 0.812 bits per heavy atom. The third kappa shape index (κ3) is 5.35. The van der Waals surface area contributed by atoms with Crippen molar-refractivity contribution in [1.29, 1.82) is 0 Å². The predicted molar refractivity (Wildman–Crippen MR) is 128 cm³/mol. The minimum absolute atomic E-state index is 0.455. The summed E-state index contributed by atoms with van der Waals surface area (Å²) in [5, 5.41) is 0. The number of benzene rings is 4. The monoisotopic (exact) mass is 424 g/mol. The molecule has 0 heterocycles. The Bertz CT molecular complexity index is 1030.